The number of hydrogen-bond donors (Lipinski definition) is 1. The van der Waals surface area contributed by atoms with Crippen LogP contribution in [0, 0.1) is 5.92 Å². The second kappa shape index (κ2) is 4.90. The van der Waals surface area contributed by atoms with E-state index in [1.54, 1.807) is 18.7 Å². The summed E-state index contributed by atoms with van der Waals surface area (Å²) in [4.78, 5) is 25.6. The van der Waals surface area contributed by atoms with Crippen LogP contribution in [0.15, 0.2) is 24.3 Å². The highest BCUT2D eigenvalue weighted by molar-refractivity contribution is 6.12. The quantitative estimate of drug-likeness (QED) is 0.813. The average molecular weight is 246 g/mol. The van der Waals surface area contributed by atoms with Crippen molar-refractivity contribution in [3.8, 4) is 0 Å². The van der Waals surface area contributed by atoms with Crippen LogP contribution in [0.25, 0.3) is 0 Å². The van der Waals surface area contributed by atoms with Gasteiger partial charge in [-0.05, 0) is 18.1 Å². The summed E-state index contributed by atoms with van der Waals surface area (Å²) in [5.41, 5.74) is 7.78. The minimum atomic E-state index is -1.05. The topological polar surface area (TPSA) is 63.4 Å². The molecule has 0 aromatic heterocycles. The van der Waals surface area contributed by atoms with Gasteiger partial charge in [-0.3, -0.25) is 9.59 Å². The molecule has 2 N–H and O–H groups in total. The van der Waals surface area contributed by atoms with Crippen molar-refractivity contribution in [1.29, 1.82) is 0 Å². The highest BCUT2D eigenvalue weighted by Crippen LogP contribution is 2.27. The van der Waals surface area contributed by atoms with Crippen molar-refractivity contribution in [2.45, 2.75) is 26.3 Å². The molecular weight excluding hydrogens is 228 g/mol. The highest BCUT2D eigenvalue weighted by atomic mass is 16.2. The number of fused-ring (bicyclic) bond motifs is 1. The molecule has 0 saturated carbocycles. The van der Waals surface area contributed by atoms with Gasteiger partial charge in [0.25, 0.3) is 5.91 Å². The molecule has 0 saturated heterocycles. The molecule has 0 aliphatic carbocycles. The van der Waals surface area contributed by atoms with Gasteiger partial charge in [0.2, 0.25) is 0 Å². The maximum atomic E-state index is 12.2. The highest BCUT2D eigenvalue weighted by Gasteiger charge is 2.32. The number of hydrogen-bond acceptors (Lipinski definition) is 3. The zero-order valence-electron chi connectivity index (χ0n) is 10.7. The van der Waals surface area contributed by atoms with Gasteiger partial charge in [0, 0.05) is 18.2 Å². The molecule has 1 aliphatic heterocycles. The third-order valence-electron chi connectivity index (χ3n) is 3.29. The number of carbonyl (C=O) groups excluding carboxylic acids is 2. The van der Waals surface area contributed by atoms with Gasteiger partial charge >= 0.3 is 0 Å². The summed E-state index contributed by atoms with van der Waals surface area (Å²) in [5, 5.41) is 0. The number of Topliss-reactive ketones (excluding diaryl/α,β-unsaturated/α-hetero) is 1. The number of nitrogens with two attached hydrogens (primary N) is 1. The lowest BCUT2D eigenvalue weighted by Crippen LogP contribution is -2.49. The van der Waals surface area contributed by atoms with Crippen molar-refractivity contribution < 1.29 is 9.59 Å². The second-order valence-electron chi connectivity index (χ2n) is 4.90. The number of anilines is 1. The summed E-state index contributed by atoms with van der Waals surface area (Å²) in [7, 11) is 0. The maximum absolute atomic E-state index is 12.2. The number of amides is 1. The molecule has 0 radical (unpaired) electrons. The number of benzene rings is 1. The largest absolute Gasteiger partial charge is 0.314 e. The molecule has 18 heavy (non-hydrogen) atoms. The van der Waals surface area contributed by atoms with Crippen LogP contribution in [-0.2, 0) is 16.0 Å². The lowest BCUT2D eigenvalue weighted by molar-refractivity contribution is -0.130. The van der Waals surface area contributed by atoms with Gasteiger partial charge in [-0.1, -0.05) is 32.0 Å². The van der Waals surface area contributed by atoms with Gasteiger partial charge in [-0.25, -0.2) is 0 Å². The van der Waals surface area contributed by atoms with Crippen LogP contribution < -0.4 is 10.6 Å². The molecule has 1 amide bonds. The maximum Gasteiger partial charge on any atom is 0.251 e. The van der Waals surface area contributed by atoms with Crippen LogP contribution in [-0.4, -0.2) is 24.3 Å². The van der Waals surface area contributed by atoms with Crippen molar-refractivity contribution in [2.24, 2.45) is 11.7 Å². The third kappa shape index (κ3) is 2.16. The van der Waals surface area contributed by atoms with E-state index in [1.165, 1.54) is 0 Å². The fraction of sp³-hybridized carbons (Fsp3) is 0.429. The summed E-state index contributed by atoms with van der Waals surface area (Å²) < 4.78 is 0. The predicted molar refractivity (Wildman–Crippen MR) is 70.3 cm³/mol. The van der Waals surface area contributed by atoms with Gasteiger partial charge in [-0.15, -0.1) is 0 Å². The van der Waals surface area contributed by atoms with E-state index in [0.29, 0.717) is 6.54 Å². The van der Waals surface area contributed by atoms with E-state index >= 15 is 0 Å². The summed E-state index contributed by atoms with van der Waals surface area (Å²) in [6.07, 6.45) is 0.824. The van der Waals surface area contributed by atoms with Gasteiger partial charge in [0.1, 0.15) is 6.04 Å². The summed E-state index contributed by atoms with van der Waals surface area (Å²) in [5.74, 6) is -0.718. The first-order valence-corrected chi connectivity index (χ1v) is 6.21. The molecule has 1 heterocycles. The number of para-hydroxylation sites is 1. The minimum Gasteiger partial charge on any atom is -0.314 e. The molecule has 96 valence electrons. The van der Waals surface area contributed by atoms with Crippen LogP contribution in [0.4, 0.5) is 5.69 Å². The van der Waals surface area contributed by atoms with Crippen LogP contribution in [0.3, 0.4) is 0 Å². The van der Waals surface area contributed by atoms with Crippen LogP contribution in [0.2, 0.25) is 0 Å². The Balaban J connectivity index is 2.19. The van der Waals surface area contributed by atoms with Crippen molar-refractivity contribution >= 4 is 17.4 Å². The van der Waals surface area contributed by atoms with Gasteiger partial charge in [-0.2, -0.15) is 0 Å². The number of rotatable bonds is 3. The minimum absolute atomic E-state index is 0.204. The van der Waals surface area contributed by atoms with E-state index in [2.05, 4.69) is 0 Å². The molecule has 4 heteroatoms. The van der Waals surface area contributed by atoms with Crippen LogP contribution >= 0.6 is 0 Å². The fourth-order valence-electron chi connectivity index (χ4n) is 2.22. The summed E-state index contributed by atoms with van der Waals surface area (Å²) in [6.45, 7) is 4.12. The summed E-state index contributed by atoms with van der Waals surface area (Å²) in [6, 6.07) is 6.69. The second-order valence-corrected chi connectivity index (χ2v) is 4.90. The fourth-order valence-corrected chi connectivity index (χ4v) is 2.22. The Morgan fingerprint density at radius 2 is 1.94 bits per heavy atom. The lowest BCUT2D eigenvalue weighted by Gasteiger charge is -2.21. The predicted octanol–water partition coefficient (Wildman–Crippen LogP) is 1.13. The molecule has 0 fully saturated rings. The Bertz CT molecular complexity index is 482. The number of nitrogens with zero attached hydrogens (tertiary/aromatic N) is 1. The van der Waals surface area contributed by atoms with E-state index in [9.17, 15) is 9.59 Å². The first-order valence-electron chi connectivity index (χ1n) is 6.21. The van der Waals surface area contributed by atoms with Crippen molar-refractivity contribution in [3.63, 3.8) is 0 Å². The number of carbonyl (C=O) groups is 2. The molecule has 1 aromatic rings. The van der Waals surface area contributed by atoms with Crippen molar-refractivity contribution in [1.82, 2.24) is 0 Å². The van der Waals surface area contributed by atoms with Crippen molar-refractivity contribution in [3.05, 3.63) is 29.8 Å². The van der Waals surface area contributed by atoms with Crippen LogP contribution in [0.5, 0.6) is 0 Å². The van der Waals surface area contributed by atoms with E-state index in [0.717, 1.165) is 17.7 Å². The van der Waals surface area contributed by atoms with E-state index in [-0.39, 0.29) is 17.6 Å². The molecular formula is C14H18N2O2. The Morgan fingerprint density at radius 1 is 1.28 bits per heavy atom. The lowest BCUT2D eigenvalue weighted by atomic mass is 10.0. The number of ketones is 1. The first-order chi connectivity index (χ1) is 8.52. The standard InChI is InChI=1S/C14H18N2O2/c1-9(2)13(17)12(15)14(18)16-8-7-10-5-3-4-6-11(10)16/h3-6,9,12H,7-8,15H2,1-2H3. The smallest absolute Gasteiger partial charge is 0.251 e. The molecule has 4 nitrogen and oxygen atoms in total. The zero-order valence-corrected chi connectivity index (χ0v) is 10.7. The van der Waals surface area contributed by atoms with Crippen molar-refractivity contribution in [2.75, 3.05) is 11.4 Å². The molecule has 1 unspecified atom stereocenters. The summed E-state index contributed by atoms with van der Waals surface area (Å²) >= 11 is 0. The molecule has 1 aliphatic rings. The van der Waals surface area contributed by atoms with Gasteiger partial charge in [0.05, 0.1) is 0 Å². The van der Waals surface area contributed by atoms with Gasteiger partial charge in [0.15, 0.2) is 5.78 Å². The third-order valence-corrected chi connectivity index (χ3v) is 3.29. The Labute approximate surface area is 107 Å². The molecule has 0 bridgehead atoms. The molecule has 2 rings (SSSR count). The zero-order chi connectivity index (χ0) is 13.3. The monoisotopic (exact) mass is 246 g/mol. The molecule has 1 aromatic carbocycles. The Kier molecular flexibility index (Phi) is 3.48. The first kappa shape index (κ1) is 12.8. The van der Waals surface area contributed by atoms with Crippen LogP contribution in [0.1, 0.15) is 19.4 Å². The Hall–Kier alpha value is -1.68. The SMILES string of the molecule is CC(C)C(=O)C(N)C(=O)N1CCc2ccccc21. The van der Waals surface area contributed by atoms with E-state index < -0.39 is 6.04 Å². The van der Waals surface area contributed by atoms with Gasteiger partial charge < -0.3 is 10.6 Å². The molecule has 0 spiro atoms. The normalized spacial score (nSPS) is 15.7. The van der Waals surface area contributed by atoms with E-state index in [1.807, 2.05) is 24.3 Å². The van der Waals surface area contributed by atoms with E-state index in [4.69, 9.17) is 5.73 Å². The average Bonchev–Trinajstić information content (AvgIpc) is 2.79. The molecule has 1 atom stereocenters. The Morgan fingerprint density at radius 3 is 2.61 bits per heavy atom.